The molecule has 1 amide bonds. The second kappa shape index (κ2) is 7.61. The van der Waals surface area contributed by atoms with E-state index in [0.29, 0.717) is 24.6 Å². The van der Waals surface area contributed by atoms with E-state index >= 15 is 0 Å². The van der Waals surface area contributed by atoms with Gasteiger partial charge in [-0.15, -0.1) is 23.2 Å². The molecule has 1 aromatic rings. The van der Waals surface area contributed by atoms with Crippen molar-refractivity contribution in [2.24, 2.45) is 0 Å². The van der Waals surface area contributed by atoms with Crippen LogP contribution in [-0.2, 0) is 11.2 Å². The summed E-state index contributed by atoms with van der Waals surface area (Å²) in [5.41, 5.74) is 0.550. The highest BCUT2D eigenvalue weighted by Gasteiger charge is 2.23. The summed E-state index contributed by atoms with van der Waals surface area (Å²) in [5.74, 6) is 1.36. The maximum absolute atomic E-state index is 11.8. The van der Waals surface area contributed by atoms with Gasteiger partial charge in [0.15, 0.2) is 0 Å². The molecular formula is C14H19Cl2NO2. The number of aryl methyl sites for hydroxylation is 1. The van der Waals surface area contributed by atoms with Crippen LogP contribution in [0.4, 0.5) is 0 Å². The lowest BCUT2D eigenvalue weighted by atomic mass is 10.1. The third-order valence-electron chi connectivity index (χ3n) is 2.83. The Kier molecular flexibility index (Phi) is 6.46. The average molecular weight is 304 g/mol. The number of nitrogens with one attached hydrogen (secondary N) is 1. The summed E-state index contributed by atoms with van der Waals surface area (Å²) in [6.07, 6.45) is 1.09. The molecule has 1 N–H and O–H groups in total. The van der Waals surface area contributed by atoms with Crippen LogP contribution in [0, 0.1) is 0 Å². The second-order valence-electron chi connectivity index (χ2n) is 4.72. The number of halogens is 2. The van der Waals surface area contributed by atoms with E-state index in [0.717, 1.165) is 11.3 Å². The highest BCUT2D eigenvalue weighted by Crippen LogP contribution is 2.13. The molecule has 19 heavy (non-hydrogen) atoms. The molecule has 0 aliphatic rings. The van der Waals surface area contributed by atoms with Crippen LogP contribution < -0.4 is 10.1 Å². The van der Waals surface area contributed by atoms with Gasteiger partial charge in [-0.2, -0.15) is 0 Å². The number of hydrogen-bond acceptors (Lipinski definition) is 2. The highest BCUT2D eigenvalue weighted by molar-refractivity contribution is 6.22. The number of ether oxygens (including phenoxy) is 1. The standard InChI is InChI=1S/C14H19Cl2NO2/c1-14(9-15,10-16)17-13(18)8-5-11-3-6-12(19-2)7-4-11/h3-4,6-7H,5,8-10H2,1-2H3,(H,17,18). The van der Waals surface area contributed by atoms with Crippen molar-refractivity contribution in [3.8, 4) is 5.75 Å². The molecule has 0 aliphatic heterocycles. The number of hydrogen-bond donors (Lipinski definition) is 1. The molecule has 0 saturated carbocycles. The van der Waals surface area contributed by atoms with Gasteiger partial charge in [-0.3, -0.25) is 4.79 Å². The fourth-order valence-electron chi connectivity index (χ4n) is 1.55. The van der Waals surface area contributed by atoms with Gasteiger partial charge < -0.3 is 10.1 Å². The SMILES string of the molecule is COc1ccc(CCC(=O)NC(C)(CCl)CCl)cc1. The molecule has 3 nitrogen and oxygen atoms in total. The Balaban J connectivity index is 2.45. The van der Waals surface area contributed by atoms with Crippen LogP contribution in [0.15, 0.2) is 24.3 Å². The third-order valence-corrected chi connectivity index (χ3v) is 4.01. The van der Waals surface area contributed by atoms with E-state index in [1.165, 1.54) is 0 Å². The van der Waals surface area contributed by atoms with Crippen LogP contribution in [0.3, 0.4) is 0 Å². The Bertz CT molecular complexity index is 402. The molecule has 0 heterocycles. The van der Waals surface area contributed by atoms with Crippen molar-refractivity contribution >= 4 is 29.1 Å². The zero-order chi connectivity index (χ0) is 14.3. The maximum atomic E-state index is 11.8. The van der Waals surface area contributed by atoms with Gasteiger partial charge in [0.2, 0.25) is 5.91 Å². The molecule has 1 rings (SSSR count). The van der Waals surface area contributed by atoms with Crippen LogP contribution in [0.5, 0.6) is 5.75 Å². The molecule has 1 aromatic carbocycles. The Morgan fingerprint density at radius 1 is 1.26 bits per heavy atom. The first kappa shape index (κ1) is 16.1. The van der Waals surface area contributed by atoms with E-state index in [4.69, 9.17) is 27.9 Å². The van der Waals surface area contributed by atoms with Crippen molar-refractivity contribution in [2.45, 2.75) is 25.3 Å². The lowest BCUT2D eigenvalue weighted by Crippen LogP contribution is -2.49. The molecule has 0 saturated heterocycles. The summed E-state index contributed by atoms with van der Waals surface area (Å²) in [5, 5.41) is 2.86. The summed E-state index contributed by atoms with van der Waals surface area (Å²) in [4.78, 5) is 11.8. The lowest BCUT2D eigenvalue weighted by Gasteiger charge is -2.25. The van der Waals surface area contributed by atoms with E-state index in [1.54, 1.807) is 7.11 Å². The molecule has 0 fully saturated rings. The molecular weight excluding hydrogens is 285 g/mol. The van der Waals surface area contributed by atoms with Gasteiger partial charge in [-0.05, 0) is 31.0 Å². The second-order valence-corrected chi connectivity index (χ2v) is 5.26. The summed E-state index contributed by atoms with van der Waals surface area (Å²) >= 11 is 11.6. The van der Waals surface area contributed by atoms with E-state index in [1.807, 2.05) is 31.2 Å². The Morgan fingerprint density at radius 2 is 1.84 bits per heavy atom. The largest absolute Gasteiger partial charge is 0.497 e. The monoisotopic (exact) mass is 303 g/mol. The van der Waals surface area contributed by atoms with Gasteiger partial charge in [0.1, 0.15) is 5.75 Å². The van der Waals surface area contributed by atoms with Crippen molar-refractivity contribution in [3.05, 3.63) is 29.8 Å². The summed E-state index contributed by atoms with van der Waals surface area (Å²) in [6, 6.07) is 7.67. The number of rotatable bonds is 7. The van der Waals surface area contributed by atoms with Crippen molar-refractivity contribution in [2.75, 3.05) is 18.9 Å². The lowest BCUT2D eigenvalue weighted by molar-refractivity contribution is -0.122. The zero-order valence-electron chi connectivity index (χ0n) is 11.2. The normalized spacial score (nSPS) is 11.2. The predicted molar refractivity (Wildman–Crippen MR) is 79.3 cm³/mol. The molecule has 0 spiro atoms. The molecule has 0 atom stereocenters. The third kappa shape index (κ3) is 5.29. The van der Waals surface area contributed by atoms with Gasteiger partial charge >= 0.3 is 0 Å². The molecule has 0 unspecified atom stereocenters. The molecule has 0 radical (unpaired) electrons. The smallest absolute Gasteiger partial charge is 0.220 e. The van der Waals surface area contributed by atoms with E-state index in [2.05, 4.69) is 5.32 Å². The van der Waals surface area contributed by atoms with E-state index < -0.39 is 5.54 Å². The molecule has 0 bridgehead atoms. The van der Waals surface area contributed by atoms with Crippen LogP contribution in [-0.4, -0.2) is 30.3 Å². The number of alkyl halides is 2. The predicted octanol–water partition coefficient (Wildman–Crippen LogP) is 2.98. The first-order valence-electron chi connectivity index (χ1n) is 6.09. The quantitative estimate of drug-likeness (QED) is 0.787. The minimum atomic E-state index is -0.542. The van der Waals surface area contributed by atoms with Gasteiger partial charge in [-0.25, -0.2) is 0 Å². The maximum Gasteiger partial charge on any atom is 0.220 e. The molecule has 0 aliphatic carbocycles. The number of amides is 1. The molecule has 0 aromatic heterocycles. The highest BCUT2D eigenvalue weighted by atomic mass is 35.5. The number of benzene rings is 1. The van der Waals surface area contributed by atoms with Gasteiger partial charge in [-0.1, -0.05) is 12.1 Å². The number of carbonyl (C=O) groups excluding carboxylic acids is 1. The molecule has 106 valence electrons. The van der Waals surface area contributed by atoms with Gasteiger partial charge in [0.25, 0.3) is 0 Å². The topological polar surface area (TPSA) is 38.3 Å². The van der Waals surface area contributed by atoms with Crippen LogP contribution in [0.1, 0.15) is 18.9 Å². The number of carbonyl (C=O) groups is 1. The Labute approximate surface area is 124 Å². The van der Waals surface area contributed by atoms with Gasteiger partial charge in [0, 0.05) is 18.2 Å². The van der Waals surface area contributed by atoms with Crippen molar-refractivity contribution in [1.29, 1.82) is 0 Å². The van der Waals surface area contributed by atoms with Crippen LogP contribution in [0.25, 0.3) is 0 Å². The Morgan fingerprint density at radius 3 is 2.32 bits per heavy atom. The van der Waals surface area contributed by atoms with Crippen LogP contribution >= 0.6 is 23.2 Å². The minimum Gasteiger partial charge on any atom is -0.497 e. The first-order chi connectivity index (χ1) is 9.03. The minimum absolute atomic E-state index is 0.0420. The van der Waals surface area contributed by atoms with Gasteiger partial charge in [0.05, 0.1) is 12.6 Å². The first-order valence-corrected chi connectivity index (χ1v) is 7.16. The van der Waals surface area contributed by atoms with Crippen molar-refractivity contribution < 1.29 is 9.53 Å². The van der Waals surface area contributed by atoms with Crippen molar-refractivity contribution in [3.63, 3.8) is 0 Å². The van der Waals surface area contributed by atoms with E-state index in [9.17, 15) is 4.79 Å². The zero-order valence-corrected chi connectivity index (χ0v) is 12.7. The van der Waals surface area contributed by atoms with Crippen LogP contribution in [0.2, 0.25) is 0 Å². The van der Waals surface area contributed by atoms with E-state index in [-0.39, 0.29) is 5.91 Å². The summed E-state index contributed by atoms with van der Waals surface area (Å²) < 4.78 is 5.08. The summed E-state index contributed by atoms with van der Waals surface area (Å²) in [6.45, 7) is 1.83. The molecule has 5 heteroatoms. The van der Waals surface area contributed by atoms with Crippen molar-refractivity contribution in [1.82, 2.24) is 5.32 Å². The fraction of sp³-hybridized carbons (Fsp3) is 0.500. The number of methoxy groups -OCH3 is 1. The average Bonchev–Trinajstić information content (AvgIpc) is 2.45. The Hall–Kier alpha value is -0.930. The summed E-state index contributed by atoms with van der Waals surface area (Å²) in [7, 11) is 1.63. The fourth-order valence-corrected chi connectivity index (χ4v) is 1.97.